The normalized spacial score (nSPS) is 16.4. The Balaban J connectivity index is 1.89. The molecule has 36 heavy (non-hydrogen) atoms. The average Bonchev–Trinajstić information content (AvgIpc) is 2.83. The van der Waals surface area contributed by atoms with Crippen molar-refractivity contribution in [1.29, 1.82) is 0 Å². The highest BCUT2D eigenvalue weighted by atomic mass is 35.5. The molecular weight excluding hydrogens is 521 g/mol. The van der Waals surface area contributed by atoms with E-state index in [1.807, 2.05) is 49.9 Å². The first kappa shape index (κ1) is 28.4. The largest absolute Gasteiger partial charge is 0.480 e. The third-order valence-electron chi connectivity index (χ3n) is 6.79. The highest BCUT2D eigenvalue weighted by Gasteiger charge is 2.47. The molecule has 3 rings (SSSR count). The Hall–Kier alpha value is -2.13. The molecule has 1 fully saturated rings. The lowest BCUT2D eigenvalue weighted by Crippen LogP contribution is -2.60. The molecule has 7 nitrogen and oxygen atoms in total. The summed E-state index contributed by atoms with van der Waals surface area (Å²) in [5.74, 6) is -1.00. The molecule has 2 aromatic rings. The summed E-state index contributed by atoms with van der Waals surface area (Å²) in [4.78, 5) is 40.1. The van der Waals surface area contributed by atoms with E-state index in [0.717, 1.165) is 23.1 Å². The van der Waals surface area contributed by atoms with Crippen molar-refractivity contribution in [2.24, 2.45) is 4.58 Å². The standard InChI is InChI=1S/C26H31Cl2N3O4S/c1-4-26(24(33)34,31-14-12-30(13-15-31)23(32)17-25(2,3)36-29-35)20-9-6-5-8-18(20)16-19-21(27)10-7-11-22(19)28/h5-11H,4,12-17H2,1-3H3,(H,33,34). The Morgan fingerprint density at radius 3 is 2.19 bits per heavy atom. The summed E-state index contributed by atoms with van der Waals surface area (Å²) in [7, 11) is 0. The molecule has 1 unspecified atom stereocenters. The number of nitrogens with zero attached hydrogens (tertiary/aromatic N) is 3. The Labute approximate surface area is 226 Å². The third-order valence-corrected chi connectivity index (χ3v) is 8.21. The lowest BCUT2D eigenvalue weighted by Gasteiger charge is -2.46. The fourth-order valence-corrected chi connectivity index (χ4v) is 5.82. The van der Waals surface area contributed by atoms with Crippen molar-refractivity contribution in [1.82, 2.24) is 9.80 Å². The van der Waals surface area contributed by atoms with E-state index in [2.05, 4.69) is 4.58 Å². The van der Waals surface area contributed by atoms with Crippen LogP contribution in [-0.4, -0.2) is 57.7 Å². The van der Waals surface area contributed by atoms with Gasteiger partial charge in [-0.3, -0.25) is 9.69 Å². The van der Waals surface area contributed by atoms with Crippen LogP contribution in [0.15, 0.2) is 47.0 Å². The van der Waals surface area contributed by atoms with Gasteiger partial charge in [-0.05, 0) is 49.1 Å². The van der Waals surface area contributed by atoms with Crippen molar-refractivity contribution in [2.75, 3.05) is 26.2 Å². The molecule has 0 bridgehead atoms. The summed E-state index contributed by atoms with van der Waals surface area (Å²) < 4.78 is 2.27. The summed E-state index contributed by atoms with van der Waals surface area (Å²) in [5, 5.41) is 11.7. The van der Waals surface area contributed by atoms with E-state index in [-0.39, 0.29) is 12.3 Å². The number of aliphatic carboxylic acids is 1. The molecule has 1 saturated heterocycles. The van der Waals surface area contributed by atoms with Gasteiger partial charge in [0.2, 0.25) is 5.91 Å². The van der Waals surface area contributed by atoms with E-state index in [9.17, 15) is 19.6 Å². The SMILES string of the molecule is CCC(C(=O)O)(c1ccccc1Cc1c(Cl)cccc1Cl)N1CCN(C(=O)CC(C)(C)SN=O)CC1. The van der Waals surface area contributed by atoms with Crippen LogP contribution in [0.1, 0.15) is 50.3 Å². The molecule has 1 aliphatic rings. The second-order valence-corrected chi connectivity index (χ2v) is 11.8. The fraction of sp³-hybridized carbons (Fsp3) is 0.462. The van der Waals surface area contributed by atoms with Gasteiger partial charge >= 0.3 is 5.97 Å². The Bertz CT molecular complexity index is 1100. The highest BCUT2D eigenvalue weighted by molar-refractivity contribution is 7.99. The average molecular weight is 553 g/mol. The van der Waals surface area contributed by atoms with Gasteiger partial charge in [-0.1, -0.05) is 60.5 Å². The first-order valence-electron chi connectivity index (χ1n) is 11.8. The van der Waals surface area contributed by atoms with Gasteiger partial charge in [0.15, 0.2) is 0 Å². The monoisotopic (exact) mass is 551 g/mol. The molecule has 1 atom stereocenters. The molecule has 0 aromatic heterocycles. The quantitative estimate of drug-likeness (QED) is 0.287. The molecule has 0 saturated carbocycles. The van der Waals surface area contributed by atoms with Crippen LogP contribution in [0.3, 0.4) is 0 Å². The first-order chi connectivity index (χ1) is 17.1. The maximum Gasteiger partial charge on any atom is 0.328 e. The number of amides is 1. The summed E-state index contributed by atoms with van der Waals surface area (Å²) in [6.45, 7) is 7.11. The zero-order valence-corrected chi connectivity index (χ0v) is 23.0. The van der Waals surface area contributed by atoms with Gasteiger partial charge in [0.05, 0.1) is 0 Å². The minimum Gasteiger partial charge on any atom is -0.480 e. The van der Waals surface area contributed by atoms with Crippen LogP contribution in [0.2, 0.25) is 10.0 Å². The summed E-state index contributed by atoms with van der Waals surface area (Å²) in [6.07, 6.45) is 0.931. The number of nitroso groups, excluding NO2 is 1. The number of piperazine rings is 1. The number of carbonyl (C=O) groups is 2. The second kappa shape index (κ2) is 11.9. The molecule has 0 radical (unpaired) electrons. The second-order valence-electron chi connectivity index (χ2n) is 9.52. The molecule has 1 N–H and O–H groups in total. The number of hydrogen-bond acceptors (Lipinski definition) is 6. The number of halogens is 2. The van der Waals surface area contributed by atoms with E-state index in [1.54, 1.807) is 23.1 Å². The first-order valence-corrected chi connectivity index (χ1v) is 13.4. The third kappa shape index (κ3) is 6.05. The van der Waals surface area contributed by atoms with Gasteiger partial charge in [0.25, 0.3) is 0 Å². The smallest absolute Gasteiger partial charge is 0.328 e. The van der Waals surface area contributed by atoms with Gasteiger partial charge in [0, 0.05) is 70.3 Å². The molecule has 1 heterocycles. The topological polar surface area (TPSA) is 90.3 Å². The molecular formula is C26H31Cl2N3O4S. The molecule has 1 amide bonds. The molecule has 2 aromatic carbocycles. The lowest BCUT2D eigenvalue weighted by molar-refractivity contribution is -0.155. The molecule has 0 spiro atoms. The van der Waals surface area contributed by atoms with Crippen molar-refractivity contribution in [2.45, 2.75) is 50.3 Å². The fourth-order valence-electron chi connectivity index (χ4n) is 4.90. The molecule has 0 aliphatic carbocycles. The van der Waals surface area contributed by atoms with Crippen LogP contribution < -0.4 is 0 Å². The van der Waals surface area contributed by atoms with Crippen LogP contribution >= 0.6 is 35.1 Å². The predicted octanol–water partition coefficient (Wildman–Crippen LogP) is 6.00. The Morgan fingerprint density at radius 1 is 1.03 bits per heavy atom. The van der Waals surface area contributed by atoms with E-state index in [1.165, 1.54) is 0 Å². The summed E-state index contributed by atoms with van der Waals surface area (Å²) in [5.41, 5.74) is 1.03. The van der Waals surface area contributed by atoms with Gasteiger partial charge in [0.1, 0.15) is 5.54 Å². The van der Waals surface area contributed by atoms with E-state index in [4.69, 9.17) is 23.2 Å². The van der Waals surface area contributed by atoms with Gasteiger partial charge in [-0.25, -0.2) is 4.79 Å². The van der Waals surface area contributed by atoms with Gasteiger partial charge < -0.3 is 10.0 Å². The van der Waals surface area contributed by atoms with Crippen LogP contribution in [0, 0.1) is 4.91 Å². The van der Waals surface area contributed by atoms with Crippen molar-refractivity contribution in [3.05, 3.63) is 74.1 Å². The van der Waals surface area contributed by atoms with Crippen LogP contribution in [0.25, 0.3) is 0 Å². The molecule has 1 aliphatic heterocycles. The van der Waals surface area contributed by atoms with Crippen molar-refractivity contribution >= 4 is 47.0 Å². The van der Waals surface area contributed by atoms with Crippen molar-refractivity contribution in [3.63, 3.8) is 0 Å². The maximum atomic E-state index is 12.9. The van der Waals surface area contributed by atoms with Crippen LogP contribution in [0.5, 0.6) is 0 Å². The number of carboxylic acid groups (broad SMARTS) is 1. The highest BCUT2D eigenvalue weighted by Crippen LogP contribution is 2.38. The molecule has 194 valence electrons. The van der Waals surface area contributed by atoms with E-state index >= 15 is 0 Å². The minimum atomic E-state index is -1.27. The van der Waals surface area contributed by atoms with Gasteiger partial charge in [-0.15, -0.1) is 4.91 Å². The van der Waals surface area contributed by atoms with Crippen LogP contribution in [0.4, 0.5) is 0 Å². The zero-order valence-electron chi connectivity index (χ0n) is 20.7. The number of rotatable bonds is 10. The Morgan fingerprint density at radius 2 is 1.64 bits per heavy atom. The number of benzene rings is 2. The van der Waals surface area contributed by atoms with Crippen LogP contribution in [-0.2, 0) is 21.5 Å². The Kier molecular flexibility index (Phi) is 9.44. The summed E-state index contributed by atoms with van der Waals surface area (Å²) in [6, 6.07) is 12.8. The van der Waals surface area contributed by atoms with Crippen molar-refractivity contribution < 1.29 is 14.7 Å². The van der Waals surface area contributed by atoms with Crippen molar-refractivity contribution in [3.8, 4) is 0 Å². The van der Waals surface area contributed by atoms with E-state index in [0.29, 0.717) is 54.6 Å². The predicted molar refractivity (Wildman–Crippen MR) is 146 cm³/mol. The number of carbonyl (C=O) groups excluding carboxylic acids is 1. The minimum absolute atomic E-state index is 0.0676. The molecule has 10 heteroatoms. The number of hydrogen-bond donors (Lipinski definition) is 1. The zero-order chi connectivity index (χ0) is 26.5. The summed E-state index contributed by atoms with van der Waals surface area (Å²) >= 11 is 13.7. The van der Waals surface area contributed by atoms with Gasteiger partial charge in [-0.2, -0.15) is 0 Å². The van der Waals surface area contributed by atoms with E-state index < -0.39 is 16.3 Å². The number of carboxylic acids is 1. The maximum absolute atomic E-state index is 12.9. The lowest BCUT2D eigenvalue weighted by atomic mass is 9.80.